The Hall–Kier alpha value is -2.87. The fraction of sp³-hybridized carbons (Fsp3) is 0.0952. The number of benzene rings is 2. The molecule has 0 saturated heterocycles. The lowest BCUT2D eigenvalue weighted by molar-refractivity contribution is 1.24. The van der Waals surface area contributed by atoms with Gasteiger partial charge in [-0.1, -0.05) is 84.5 Å². The lowest BCUT2D eigenvalue weighted by Gasteiger charge is -2.11. The van der Waals surface area contributed by atoms with Gasteiger partial charge in [-0.2, -0.15) is 0 Å². The lowest BCUT2D eigenvalue weighted by atomic mass is 10.0. The lowest BCUT2D eigenvalue weighted by Crippen LogP contribution is -2.13. The van der Waals surface area contributed by atoms with E-state index in [1.54, 1.807) is 0 Å². The van der Waals surface area contributed by atoms with E-state index in [1.807, 2.05) is 36.4 Å². The average molecular weight is 300 g/mol. The van der Waals surface area contributed by atoms with E-state index >= 15 is 0 Å². The van der Waals surface area contributed by atoms with E-state index in [2.05, 4.69) is 49.4 Å². The first-order chi connectivity index (χ1) is 11.2. The number of hydrogen-bond donors (Lipinski definition) is 1. The van der Waals surface area contributed by atoms with Crippen molar-refractivity contribution in [2.45, 2.75) is 13.3 Å². The molecule has 0 spiro atoms. The molecule has 2 N–H and O–H groups in total. The molecule has 114 valence electrons. The fourth-order valence-corrected chi connectivity index (χ4v) is 2.52. The summed E-state index contributed by atoms with van der Waals surface area (Å²) in [6, 6.07) is 18.3. The maximum atomic E-state index is 6.26. The van der Waals surface area contributed by atoms with Gasteiger partial charge in [0.05, 0.1) is 5.70 Å². The third-order valence-corrected chi connectivity index (χ3v) is 3.81. The number of nitrogens with two attached hydrogens (primary N) is 1. The summed E-state index contributed by atoms with van der Waals surface area (Å²) in [6.45, 7) is 2.06. The van der Waals surface area contributed by atoms with E-state index in [-0.39, 0.29) is 0 Å². The molecule has 0 fully saturated rings. The second kappa shape index (κ2) is 6.93. The number of allylic oxidation sites excluding steroid dienone is 5. The number of aryl methyl sites for hydroxylation is 1. The highest BCUT2D eigenvalue weighted by atomic mass is 14.9. The summed E-state index contributed by atoms with van der Waals surface area (Å²) < 4.78 is 0. The minimum Gasteiger partial charge on any atom is -0.383 e. The molecule has 1 aliphatic carbocycles. The third-order valence-electron chi connectivity index (χ3n) is 3.81. The van der Waals surface area contributed by atoms with Crippen LogP contribution in [0.3, 0.4) is 0 Å². The number of amidine groups is 1. The van der Waals surface area contributed by atoms with Gasteiger partial charge in [-0.3, -0.25) is 0 Å². The Morgan fingerprint density at radius 1 is 0.913 bits per heavy atom. The van der Waals surface area contributed by atoms with E-state index < -0.39 is 0 Å². The highest BCUT2D eigenvalue weighted by Crippen LogP contribution is 2.26. The topological polar surface area (TPSA) is 38.4 Å². The summed E-state index contributed by atoms with van der Waals surface area (Å²) in [4.78, 5) is 4.76. The van der Waals surface area contributed by atoms with Crippen LogP contribution < -0.4 is 5.73 Å². The summed E-state index contributed by atoms with van der Waals surface area (Å²) in [6.07, 6.45) is 9.20. The molecule has 2 nitrogen and oxygen atoms in total. The highest BCUT2D eigenvalue weighted by molar-refractivity contribution is 6.01. The molecule has 2 aromatic rings. The molecule has 0 amide bonds. The summed E-state index contributed by atoms with van der Waals surface area (Å²) in [5.74, 6) is 0.541. The quantitative estimate of drug-likeness (QED) is 0.651. The van der Waals surface area contributed by atoms with Gasteiger partial charge in [0.2, 0.25) is 0 Å². The van der Waals surface area contributed by atoms with Crippen LogP contribution in [0.15, 0.2) is 89.5 Å². The van der Waals surface area contributed by atoms with Crippen LogP contribution in [-0.2, 0) is 0 Å². The molecule has 0 saturated carbocycles. The molecule has 0 atom stereocenters. The largest absolute Gasteiger partial charge is 0.383 e. The van der Waals surface area contributed by atoms with E-state index in [1.165, 1.54) is 11.1 Å². The highest BCUT2D eigenvalue weighted by Gasteiger charge is 2.09. The third kappa shape index (κ3) is 3.67. The van der Waals surface area contributed by atoms with Crippen LogP contribution in [-0.4, -0.2) is 5.84 Å². The van der Waals surface area contributed by atoms with Crippen molar-refractivity contribution in [3.05, 3.63) is 101 Å². The summed E-state index contributed by atoms with van der Waals surface area (Å²) in [7, 11) is 0. The molecule has 0 aliphatic heterocycles. The Kier molecular flexibility index (Phi) is 4.53. The zero-order valence-corrected chi connectivity index (χ0v) is 13.2. The second-order valence-corrected chi connectivity index (χ2v) is 5.59. The Labute approximate surface area is 137 Å². The van der Waals surface area contributed by atoms with Crippen molar-refractivity contribution in [3.63, 3.8) is 0 Å². The van der Waals surface area contributed by atoms with E-state index in [4.69, 9.17) is 10.7 Å². The molecule has 1 aliphatic rings. The maximum absolute atomic E-state index is 6.26. The predicted molar refractivity (Wildman–Crippen MR) is 98.2 cm³/mol. The van der Waals surface area contributed by atoms with Crippen molar-refractivity contribution in [1.29, 1.82) is 0 Å². The number of rotatable bonds is 3. The first-order valence-corrected chi connectivity index (χ1v) is 7.77. The van der Waals surface area contributed by atoms with Gasteiger partial charge in [0.1, 0.15) is 5.84 Å². The van der Waals surface area contributed by atoms with Crippen molar-refractivity contribution in [2.75, 3.05) is 0 Å². The minimum atomic E-state index is 0.541. The summed E-state index contributed by atoms with van der Waals surface area (Å²) in [5, 5.41) is 0. The number of hydrogen-bond acceptors (Lipinski definition) is 1. The zero-order chi connectivity index (χ0) is 16.1. The van der Waals surface area contributed by atoms with Crippen LogP contribution >= 0.6 is 0 Å². The smallest absolute Gasteiger partial charge is 0.131 e. The summed E-state index contributed by atoms with van der Waals surface area (Å²) in [5.41, 5.74) is 11.6. The van der Waals surface area contributed by atoms with Crippen LogP contribution in [0.1, 0.15) is 23.1 Å². The van der Waals surface area contributed by atoms with E-state index in [0.29, 0.717) is 5.84 Å². The normalized spacial score (nSPS) is 16.5. The van der Waals surface area contributed by atoms with Crippen molar-refractivity contribution in [3.8, 4) is 0 Å². The van der Waals surface area contributed by atoms with Gasteiger partial charge in [0.25, 0.3) is 0 Å². The molecule has 0 radical (unpaired) electrons. The molecule has 0 bridgehead atoms. The van der Waals surface area contributed by atoms with Gasteiger partial charge in [0.15, 0.2) is 0 Å². The molecule has 2 aromatic carbocycles. The van der Waals surface area contributed by atoms with Crippen LogP contribution in [0.5, 0.6) is 0 Å². The Morgan fingerprint density at radius 3 is 2.30 bits per heavy atom. The van der Waals surface area contributed by atoms with E-state index in [9.17, 15) is 0 Å². The van der Waals surface area contributed by atoms with Crippen LogP contribution in [0.4, 0.5) is 0 Å². The molecule has 3 rings (SSSR count). The Balaban J connectivity index is 2.06. The van der Waals surface area contributed by atoms with Gasteiger partial charge in [-0.25, -0.2) is 4.99 Å². The first kappa shape index (κ1) is 15.0. The maximum Gasteiger partial charge on any atom is 0.131 e. The van der Waals surface area contributed by atoms with Gasteiger partial charge in [-0.05, 0) is 18.9 Å². The molecule has 0 heterocycles. The minimum absolute atomic E-state index is 0.541. The zero-order valence-electron chi connectivity index (χ0n) is 13.2. The summed E-state index contributed by atoms with van der Waals surface area (Å²) >= 11 is 0. The van der Waals surface area contributed by atoms with Crippen LogP contribution in [0.2, 0.25) is 0 Å². The first-order valence-electron chi connectivity index (χ1n) is 7.77. The van der Waals surface area contributed by atoms with Crippen molar-refractivity contribution in [2.24, 2.45) is 10.7 Å². The average Bonchev–Trinajstić information content (AvgIpc) is 2.61. The molecule has 0 unspecified atom stereocenters. The Bertz CT molecular complexity index is 791. The van der Waals surface area contributed by atoms with Gasteiger partial charge in [0, 0.05) is 11.1 Å². The predicted octanol–water partition coefficient (Wildman–Crippen LogP) is 4.63. The molecule has 0 aromatic heterocycles. The van der Waals surface area contributed by atoms with Gasteiger partial charge >= 0.3 is 0 Å². The van der Waals surface area contributed by atoms with Crippen molar-refractivity contribution in [1.82, 2.24) is 0 Å². The molecule has 2 heteroatoms. The Morgan fingerprint density at radius 2 is 1.65 bits per heavy atom. The molecular weight excluding hydrogens is 280 g/mol. The van der Waals surface area contributed by atoms with Gasteiger partial charge < -0.3 is 5.73 Å². The van der Waals surface area contributed by atoms with E-state index in [0.717, 1.165) is 23.2 Å². The monoisotopic (exact) mass is 300 g/mol. The number of nitrogens with zero attached hydrogens (tertiary/aromatic N) is 1. The van der Waals surface area contributed by atoms with Crippen LogP contribution in [0, 0.1) is 6.92 Å². The standard InChI is InChI=1S/C21H20N2/c1-16-12-14-19(15-13-16)21(22)23-20(17-8-4-2-5-9-17)18-10-6-3-7-11-18/h2-10,12-15H,11H2,1H3,(H2,22,23)/b20-18-. The van der Waals surface area contributed by atoms with Crippen molar-refractivity contribution >= 4 is 11.5 Å². The SMILES string of the molecule is Cc1ccc(C(N)=N/C(=C2/C=CC=CC2)c2ccccc2)cc1. The number of aliphatic imine (C=N–C) groups is 1. The fourth-order valence-electron chi connectivity index (χ4n) is 2.52. The molecular formula is C21H20N2. The van der Waals surface area contributed by atoms with Crippen LogP contribution in [0.25, 0.3) is 5.70 Å². The van der Waals surface area contributed by atoms with Crippen molar-refractivity contribution < 1.29 is 0 Å². The van der Waals surface area contributed by atoms with Gasteiger partial charge in [-0.15, -0.1) is 0 Å². The second-order valence-electron chi connectivity index (χ2n) is 5.59. The molecule has 23 heavy (non-hydrogen) atoms.